The van der Waals surface area contributed by atoms with E-state index >= 15 is 0 Å². The van der Waals surface area contributed by atoms with Gasteiger partial charge in [0.25, 0.3) is 0 Å². The van der Waals surface area contributed by atoms with E-state index in [9.17, 15) is 5.48 Å². The van der Waals surface area contributed by atoms with Crippen molar-refractivity contribution in [2.75, 3.05) is 0 Å². The highest BCUT2D eigenvalue weighted by atomic mass is 32.1. The summed E-state index contributed by atoms with van der Waals surface area (Å²) < 4.78 is 81.3. The lowest BCUT2D eigenvalue weighted by atomic mass is 9.85. The monoisotopic (exact) mass is 634 g/mol. The zero-order valence-corrected chi connectivity index (χ0v) is 26.0. The molecule has 0 aliphatic heterocycles. The van der Waals surface area contributed by atoms with Gasteiger partial charge in [-0.05, 0) is 108 Å². The zero-order chi connectivity index (χ0) is 38.3. The van der Waals surface area contributed by atoms with Crippen molar-refractivity contribution in [3.05, 3.63) is 158 Å². The van der Waals surface area contributed by atoms with Gasteiger partial charge in [0.1, 0.15) is 11.2 Å². The number of thiophene rings is 1. The fourth-order valence-corrected chi connectivity index (χ4v) is 8.61. The Kier molecular flexibility index (Phi) is 4.00. The number of rotatable bonds is 2. The van der Waals surface area contributed by atoms with Crippen LogP contribution in [0.5, 0.6) is 0 Å². The van der Waals surface area contributed by atoms with Crippen LogP contribution in [-0.4, -0.2) is 0 Å². The predicted octanol–water partition coefficient (Wildman–Crippen LogP) is 13.9. The van der Waals surface area contributed by atoms with Gasteiger partial charge in [-0.3, -0.25) is 0 Å². The van der Waals surface area contributed by atoms with Crippen LogP contribution in [0.3, 0.4) is 0 Å². The van der Waals surface area contributed by atoms with E-state index < -0.39 is 24.2 Å². The maximum atomic E-state index is 9.38. The van der Waals surface area contributed by atoms with Gasteiger partial charge in [0.05, 0.1) is 11.0 Å². The summed E-state index contributed by atoms with van der Waals surface area (Å²) in [5, 5.41) is 8.96. The van der Waals surface area contributed by atoms with Crippen molar-refractivity contribution in [1.29, 1.82) is 0 Å². The van der Waals surface area contributed by atoms with Gasteiger partial charge in [-0.15, -0.1) is 11.3 Å². The highest BCUT2D eigenvalue weighted by Crippen LogP contribution is 2.46. The molecule has 2 heterocycles. The van der Waals surface area contributed by atoms with Gasteiger partial charge >= 0.3 is 0 Å². The minimum Gasteiger partial charge on any atom is -0.456 e. The van der Waals surface area contributed by atoms with Gasteiger partial charge in [-0.2, -0.15) is 0 Å². The van der Waals surface area contributed by atoms with Crippen molar-refractivity contribution >= 4 is 96.5 Å². The Morgan fingerprint density at radius 2 is 0.875 bits per heavy atom. The Bertz CT molecular complexity index is 3270. The van der Waals surface area contributed by atoms with E-state index in [1.54, 1.807) is 11.3 Å². The second kappa shape index (κ2) is 9.78. The van der Waals surface area contributed by atoms with Gasteiger partial charge in [0, 0.05) is 30.9 Å². The predicted molar refractivity (Wildman–Crippen MR) is 208 cm³/mol. The van der Waals surface area contributed by atoms with Crippen LogP contribution in [0.1, 0.15) is 11.0 Å². The van der Waals surface area contributed by atoms with Crippen molar-refractivity contribution in [1.82, 2.24) is 0 Å². The SMILES string of the molecule is [2H]c1c([2H])c([2H])c2c(-c3ccc4c(c3)sc3cc5ccccc5cc34)c3c([2H])c([2H])c([2H])c([2H])c3c(-c3ccc4c(c3)oc3cc5ccccc5cc34)c2c1[2H]. The van der Waals surface area contributed by atoms with Crippen molar-refractivity contribution in [3.8, 4) is 22.3 Å². The van der Waals surface area contributed by atoms with E-state index in [0.717, 1.165) is 52.5 Å². The van der Waals surface area contributed by atoms with Crippen molar-refractivity contribution < 1.29 is 15.4 Å². The molecular formula is C46H26OS. The van der Waals surface area contributed by atoms with Crippen LogP contribution in [0, 0.1) is 0 Å². The molecule has 0 atom stereocenters. The van der Waals surface area contributed by atoms with Gasteiger partial charge < -0.3 is 4.42 Å². The molecule has 0 saturated carbocycles. The number of benzene rings is 9. The first-order valence-corrected chi connectivity index (χ1v) is 16.6. The van der Waals surface area contributed by atoms with E-state index in [1.165, 1.54) is 0 Å². The van der Waals surface area contributed by atoms with Crippen molar-refractivity contribution in [2.45, 2.75) is 0 Å². The van der Waals surface area contributed by atoms with Gasteiger partial charge in [0.2, 0.25) is 0 Å². The van der Waals surface area contributed by atoms with Crippen LogP contribution in [0.4, 0.5) is 0 Å². The van der Waals surface area contributed by atoms with E-state index in [1.807, 2.05) is 78.9 Å². The average molecular weight is 635 g/mol. The lowest BCUT2D eigenvalue weighted by molar-refractivity contribution is 0.669. The zero-order valence-electron chi connectivity index (χ0n) is 33.2. The second-order valence-corrected chi connectivity index (χ2v) is 13.4. The van der Waals surface area contributed by atoms with Crippen LogP contribution in [-0.2, 0) is 0 Å². The fraction of sp³-hybridized carbons (Fsp3) is 0. The molecule has 0 fully saturated rings. The topological polar surface area (TPSA) is 13.1 Å². The number of fused-ring (bicyclic) bond motifs is 10. The van der Waals surface area contributed by atoms with Gasteiger partial charge in [0.15, 0.2) is 0 Å². The smallest absolute Gasteiger partial charge is 0.136 e. The van der Waals surface area contributed by atoms with Crippen molar-refractivity contribution in [2.24, 2.45) is 0 Å². The van der Waals surface area contributed by atoms with E-state index in [4.69, 9.17) is 9.90 Å². The van der Waals surface area contributed by atoms with Crippen LogP contribution in [0.25, 0.3) is 107 Å². The Labute approximate surface area is 291 Å². The highest BCUT2D eigenvalue weighted by molar-refractivity contribution is 7.25. The highest BCUT2D eigenvalue weighted by Gasteiger charge is 2.19. The van der Waals surface area contributed by atoms with Crippen LogP contribution < -0.4 is 0 Å². The summed E-state index contributed by atoms with van der Waals surface area (Å²) in [5.74, 6) is 0. The normalized spacial score (nSPS) is 14.5. The molecule has 11 rings (SSSR count). The van der Waals surface area contributed by atoms with Gasteiger partial charge in [-0.25, -0.2) is 0 Å². The molecule has 2 heteroatoms. The molecule has 222 valence electrons. The molecule has 0 N–H and O–H groups in total. The summed E-state index contributed by atoms with van der Waals surface area (Å²) in [6.45, 7) is 0. The molecule has 0 bridgehead atoms. The summed E-state index contributed by atoms with van der Waals surface area (Å²) in [5.41, 5.74) is 2.95. The molecule has 0 spiro atoms. The van der Waals surface area contributed by atoms with Crippen LogP contribution in [0.2, 0.25) is 0 Å². The molecule has 0 unspecified atom stereocenters. The standard InChI is InChI=1S/C46H26OS/c1-3-11-29-23-42-39(21-27(29)9-1)33-19-17-31(24-41(33)47-42)45-35-13-5-7-15-37(35)46(38-16-8-6-14-36(38)45)32-18-20-34-40-22-28-10-2-4-12-30(28)25-44(40)48-43(34)26-32/h1-26H/i5D,6D,7D,8D,13D,14D,15D,16D. The third kappa shape index (κ3) is 3.72. The molecule has 0 aliphatic rings. The summed E-state index contributed by atoms with van der Waals surface area (Å²) in [6, 6.07) is 33.2. The first-order chi connectivity index (χ1) is 27.1. The Balaban J connectivity index is 1.28. The number of furan rings is 1. The minimum atomic E-state index is -0.432. The minimum absolute atomic E-state index is 0.174. The maximum absolute atomic E-state index is 9.38. The first kappa shape index (κ1) is 19.6. The fourth-order valence-electron chi connectivity index (χ4n) is 7.44. The third-order valence-electron chi connectivity index (χ3n) is 9.63. The lowest BCUT2D eigenvalue weighted by Crippen LogP contribution is -1.90. The summed E-state index contributed by atoms with van der Waals surface area (Å²) in [7, 11) is 0. The second-order valence-electron chi connectivity index (χ2n) is 12.3. The molecule has 11 aromatic rings. The Hall–Kier alpha value is -5.96. The quantitative estimate of drug-likeness (QED) is 0.172. The van der Waals surface area contributed by atoms with E-state index in [2.05, 4.69) is 30.3 Å². The summed E-state index contributed by atoms with van der Waals surface area (Å²) >= 11 is 1.61. The Morgan fingerprint density at radius 3 is 1.50 bits per heavy atom. The molecule has 9 aromatic carbocycles. The molecule has 0 aliphatic carbocycles. The molecule has 2 aromatic heterocycles. The van der Waals surface area contributed by atoms with Gasteiger partial charge in [-0.1, -0.05) is 115 Å². The molecule has 1 nitrogen and oxygen atoms in total. The molecule has 0 radical (unpaired) electrons. The van der Waals surface area contributed by atoms with Crippen LogP contribution >= 0.6 is 11.3 Å². The lowest BCUT2D eigenvalue weighted by Gasteiger charge is -2.17. The number of hydrogen-bond donors (Lipinski definition) is 0. The summed E-state index contributed by atoms with van der Waals surface area (Å²) in [6.07, 6.45) is 0. The molecule has 0 amide bonds. The summed E-state index contributed by atoms with van der Waals surface area (Å²) in [4.78, 5) is 0. The van der Waals surface area contributed by atoms with Crippen LogP contribution in [0.15, 0.2) is 162 Å². The first-order valence-electron chi connectivity index (χ1n) is 19.8. The van der Waals surface area contributed by atoms with E-state index in [-0.39, 0.29) is 45.7 Å². The Morgan fingerprint density at radius 1 is 0.396 bits per heavy atom. The van der Waals surface area contributed by atoms with Crippen molar-refractivity contribution in [3.63, 3.8) is 0 Å². The average Bonchev–Trinajstić information content (AvgIpc) is 3.76. The van der Waals surface area contributed by atoms with E-state index in [0.29, 0.717) is 33.4 Å². The third-order valence-corrected chi connectivity index (χ3v) is 10.7. The number of hydrogen-bond acceptors (Lipinski definition) is 2. The molecular weight excluding hydrogens is 601 g/mol. The molecule has 48 heavy (non-hydrogen) atoms. The maximum Gasteiger partial charge on any atom is 0.136 e. The molecule has 0 saturated heterocycles. The largest absolute Gasteiger partial charge is 0.456 e.